The molecule has 0 amide bonds. The summed E-state index contributed by atoms with van der Waals surface area (Å²) in [6.45, 7) is 8.83. The number of benzene rings is 1. The van der Waals surface area contributed by atoms with Gasteiger partial charge in [0.15, 0.2) is 5.82 Å². The standard InChI is InChI=1S/C17H22FN3O/c1-17(2,3)16-19-15(22-20-16)13-7-8-21(11-13)10-12-5-4-6-14(18)9-12/h4-6,9,13H,7-8,10-11H2,1-3H3/t13-/m0/s1. The van der Waals surface area contributed by atoms with E-state index in [0.29, 0.717) is 0 Å². The summed E-state index contributed by atoms with van der Waals surface area (Å²) < 4.78 is 18.7. The fourth-order valence-electron chi connectivity index (χ4n) is 2.78. The molecule has 5 heteroatoms. The molecule has 0 N–H and O–H groups in total. The first-order valence-electron chi connectivity index (χ1n) is 7.73. The fraction of sp³-hybridized carbons (Fsp3) is 0.529. The van der Waals surface area contributed by atoms with E-state index < -0.39 is 0 Å². The molecule has 4 nitrogen and oxygen atoms in total. The molecule has 1 atom stereocenters. The van der Waals surface area contributed by atoms with Gasteiger partial charge < -0.3 is 4.52 Å². The molecule has 0 spiro atoms. The van der Waals surface area contributed by atoms with Crippen LogP contribution in [0.4, 0.5) is 4.39 Å². The molecule has 3 rings (SSSR count). The Labute approximate surface area is 130 Å². The predicted molar refractivity (Wildman–Crippen MR) is 82.0 cm³/mol. The van der Waals surface area contributed by atoms with Crippen molar-refractivity contribution in [3.8, 4) is 0 Å². The zero-order valence-corrected chi connectivity index (χ0v) is 13.3. The molecule has 0 aliphatic carbocycles. The summed E-state index contributed by atoms with van der Waals surface area (Å²) in [6.07, 6.45) is 1.00. The number of likely N-dealkylation sites (tertiary alicyclic amines) is 1. The topological polar surface area (TPSA) is 42.2 Å². The van der Waals surface area contributed by atoms with Crippen molar-refractivity contribution in [3.63, 3.8) is 0 Å². The van der Waals surface area contributed by atoms with Gasteiger partial charge in [0.05, 0.1) is 5.92 Å². The van der Waals surface area contributed by atoms with Crippen LogP contribution in [0.1, 0.15) is 50.4 Å². The van der Waals surface area contributed by atoms with E-state index >= 15 is 0 Å². The van der Waals surface area contributed by atoms with Crippen molar-refractivity contribution in [1.29, 1.82) is 0 Å². The Morgan fingerprint density at radius 2 is 2.18 bits per heavy atom. The van der Waals surface area contributed by atoms with Crippen LogP contribution in [-0.2, 0) is 12.0 Å². The van der Waals surface area contributed by atoms with Gasteiger partial charge in [-0.1, -0.05) is 38.1 Å². The molecule has 2 aromatic rings. The second-order valence-electron chi connectivity index (χ2n) is 7.06. The molecule has 2 heterocycles. The lowest BCUT2D eigenvalue weighted by atomic mass is 9.96. The van der Waals surface area contributed by atoms with E-state index in [9.17, 15) is 4.39 Å². The summed E-state index contributed by atoms with van der Waals surface area (Å²) in [4.78, 5) is 6.86. The van der Waals surface area contributed by atoms with Crippen molar-refractivity contribution in [2.75, 3.05) is 13.1 Å². The van der Waals surface area contributed by atoms with Crippen molar-refractivity contribution >= 4 is 0 Å². The Hall–Kier alpha value is -1.75. The Bertz CT molecular complexity index is 647. The van der Waals surface area contributed by atoms with E-state index in [0.717, 1.165) is 43.3 Å². The fourth-order valence-corrected chi connectivity index (χ4v) is 2.78. The molecule has 0 radical (unpaired) electrons. The van der Waals surface area contributed by atoms with Crippen molar-refractivity contribution in [2.45, 2.75) is 45.1 Å². The molecule has 0 saturated carbocycles. The molecule has 1 aliphatic rings. The normalized spacial score (nSPS) is 19.7. The largest absolute Gasteiger partial charge is 0.339 e. The number of aromatic nitrogens is 2. The van der Waals surface area contributed by atoms with Gasteiger partial charge in [0.1, 0.15) is 5.82 Å². The summed E-state index contributed by atoms with van der Waals surface area (Å²) in [7, 11) is 0. The van der Waals surface area contributed by atoms with Gasteiger partial charge in [-0.05, 0) is 30.7 Å². The Balaban J connectivity index is 1.64. The average molecular weight is 303 g/mol. The SMILES string of the molecule is CC(C)(C)c1noc([C@H]2CCN(Cc3cccc(F)c3)C2)n1. The maximum Gasteiger partial charge on any atom is 0.231 e. The van der Waals surface area contributed by atoms with Crippen molar-refractivity contribution in [1.82, 2.24) is 15.0 Å². The molecule has 118 valence electrons. The highest BCUT2D eigenvalue weighted by Crippen LogP contribution is 2.29. The van der Waals surface area contributed by atoms with Crippen LogP contribution in [0.25, 0.3) is 0 Å². The smallest absolute Gasteiger partial charge is 0.231 e. The monoisotopic (exact) mass is 303 g/mol. The van der Waals surface area contributed by atoms with Crippen molar-refractivity contribution in [2.24, 2.45) is 0 Å². The maximum atomic E-state index is 13.2. The van der Waals surface area contributed by atoms with Gasteiger partial charge in [-0.15, -0.1) is 0 Å². The van der Waals surface area contributed by atoms with Crippen LogP contribution in [0.15, 0.2) is 28.8 Å². The molecule has 1 aliphatic heterocycles. The van der Waals surface area contributed by atoms with Crippen LogP contribution in [0, 0.1) is 5.82 Å². The number of hydrogen-bond donors (Lipinski definition) is 0. The summed E-state index contributed by atoms with van der Waals surface area (Å²) in [5, 5.41) is 4.10. The summed E-state index contributed by atoms with van der Waals surface area (Å²) in [6, 6.07) is 6.78. The van der Waals surface area contributed by atoms with Gasteiger partial charge >= 0.3 is 0 Å². The van der Waals surface area contributed by atoms with Crippen molar-refractivity contribution in [3.05, 3.63) is 47.4 Å². The van der Waals surface area contributed by atoms with E-state index in [1.54, 1.807) is 12.1 Å². The minimum absolute atomic E-state index is 0.0956. The minimum Gasteiger partial charge on any atom is -0.339 e. The third-order valence-corrected chi connectivity index (χ3v) is 4.03. The first-order valence-corrected chi connectivity index (χ1v) is 7.73. The molecular formula is C17H22FN3O. The van der Waals surface area contributed by atoms with Gasteiger partial charge in [-0.25, -0.2) is 4.39 Å². The highest BCUT2D eigenvalue weighted by molar-refractivity contribution is 5.16. The summed E-state index contributed by atoms with van der Waals surface area (Å²) >= 11 is 0. The number of halogens is 1. The van der Waals surface area contributed by atoms with Crippen LogP contribution in [0.2, 0.25) is 0 Å². The molecule has 1 fully saturated rings. The average Bonchev–Trinajstić information content (AvgIpc) is 3.06. The van der Waals surface area contributed by atoms with Gasteiger partial charge in [0, 0.05) is 18.5 Å². The van der Waals surface area contributed by atoms with E-state index in [4.69, 9.17) is 4.52 Å². The summed E-state index contributed by atoms with van der Waals surface area (Å²) in [5.74, 6) is 1.58. The van der Waals surface area contributed by atoms with E-state index in [1.807, 2.05) is 6.07 Å². The first-order chi connectivity index (χ1) is 10.4. The molecule has 0 bridgehead atoms. The molecule has 1 aromatic carbocycles. The molecule has 1 saturated heterocycles. The lowest BCUT2D eigenvalue weighted by Gasteiger charge is -2.15. The molecule has 1 aromatic heterocycles. The quantitative estimate of drug-likeness (QED) is 0.870. The predicted octanol–water partition coefficient (Wildman–Crippen LogP) is 3.50. The molecular weight excluding hydrogens is 281 g/mol. The van der Waals surface area contributed by atoms with E-state index in [2.05, 4.69) is 35.8 Å². The van der Waals surface area contributed by atoms with Crippen LogP contribution in [0.5, 0.6) is 0 Å². The zero-order chi connectivity index (χ0) is 15.7. The number of hydrogen-bond acceptors (Lipinski definition) is 4. The minimum atomic E-state index is -0.181. The third kappa shape index (κ3) is 3.35. The second kappa shape index (κ2) is 5.80. The van der Waals surface area contributed by atoms with Crippen LogP contribution >= 0.6 is 0 Å². The van der Waals surface area contributed by atoms with Crippen LogP contribution in [-0.4, -0.2) is 28.1 Å². The molecule has 0 unspecified atom stereocenters. The number of nitrogens with zero attached hydrogens (tertiary/aromatic N) is 3. The van der Waals surface area contributed by atoms with Gasteiger partial charge in [-0.2, -0.15) is 4.98 Å². The Kier molecular flexibility index (Phi) is 4.00. The van der Waals surface area contributed by atoms with E-state index in [1.165, 1.54) is 6.07 Å². The Morgan fingerprint density at radius 3 is 2.86 bits per heavy atom. The molecule has 22 heavy (non-hydrogen) atoms. The van der Waals surface area contributed by atoms with Crippen LogP contribution < -0.4 is 0 Å². The number of rotatable bonds is 3. The van der Waals surface area contributed by atoms with Crippen LogP contribution in [0.3, 0.4) is 0 Å². The van der Waals surface area contributed by atoms with Gasteiger partial charge in [0.25, 0.3) is 0 Å². The highest BCUT2D eigenvalue weighted by Gasteiger charge is 2.30. The zero-order valence-electron chi connectivity index (χ0n) is 13.3. The second-order valence-corrected chi connectivity index (χ2v) is 7.06. The Morgan fingerprint density at radius 1 is 1.36 bits per heavy atom. The first kappa shape index (κ1) is 15.2. The van der Waals surface area contributed by atoms with Crippen molar-refractivity contribution < 1.29 is 8.91 Å². The lowest BCUT2D eigenvalue weighted by Crippen LogP contribution is -2.20. The maximum absolute atomic E-state index is 13.2. The van der Waals surface area contributed by atoms with Gasteiger partial charge in [0.2, 0.25) is 5.89 Å². The lowest BCUT2D eigenvalue weighted by molar-refractivity contribution is 0.307. The van der Waals surface area contributed by atoms with Gasteiger partial charge in [-0.3, -0.25) is 4.90 Å². The summed E-state index contributed by atoms with van der Waals surface area (Å²) in [5.41, 5.74) is 0.906. The third-order valence-electron chi connectivity index (χ3n) is 4.03. The van der Waals surface area contributed by atoms with E-state index in [-0.39, 0.29) is 17.2 Å². The highest BCUT2D eigenvalue weighted by atomic mass is 19.1.